The number of para-hydroxylation sites is 1. The van der Waals surface area contributed by atoms with Crippen LogP contribution >= 0.6 is 0 Å². The number of ether oxygens (including phenoxy) is 1. The van der Waals surface area contributed by atoms with Crippen LogP contribution < -0.4 is 15.8 Å². The summed E-state index contributed by atoms with van der Waals surface area (Å²) >= 11 is 0. The second kappa shape index (κ2) is 7.15. The number of benzene rings is 1. The predicted molar refractivity (Wildman–Crippen MR) is 105 cm³/mol. The number of hydrogen-bond donors (Lipinski definition) is 2. The highest BCUT2D eigenvalue weighted by atomic mass is 16.5. The third-order valence-electron chi connectivity index (χ3n) is 4.55. The molecule has 0 bridgehead atoms. The van der Waals surface area contributed by atoms with Crippen LogP contribution in [0.5, 0.6) is 5.75 Å². The fourth-order valence-corrected chi connectivity index (χ4v) is 3.37. The second-order valence-electron chi connectivity index (χ2n) is 6.35. The fourth-order valence-electron chi connectivity index (χ4n) is 3.37. The van der Waals surface area contributed by atoms with Crippen molar-refractivity contribution in [2.75, 3.05) is 11.9 Å². The Morgan fingerprint density at radius 2 is 2.11 bits per heavy atom. The number of nitrogens with two attached hydrogens (primary N) is 1. The molecule has 1 amide bonds. The van der Waals surface area contributed by atoms with E-state index in [0.29, 0.717) is 35.4 Å². The first-order chi connectivity index (χ1) is 13.6. The lowest BCUT2D eigenvalue weighted by atomic mass is 9.94. The SMILES string of the molecule is CCOc1ccccc1C1C(C(N)=O)=C(C)Nc2nc(-c3cccnc3)nn21. The smallest absolute Gasteiger partial charge is 0.248 e. The molecular weight excluding hydrogens is 356 g/mol. The molecule has 0 spiro atoms. The molecule has 0 fully saturated rings. The van der Waals surface area contributed by atoms with Crippen molar-refractivity contribution in [3.63, 3.8) is 0 Å². The van der Waals surface area contributed by atoms with Gasteiger partial charge in [0.25, 0.3) is 0 Å². The lowest BCUT2D eigenvalue weighted by molar-refractivity contribution is -0.115. The number of fused-ring (bicyclic) bond motifs is 1. The number of primary amides is 1. The molecule has 1 aliphatic rings. The van der Waals surface area contributed by atoms with Crippen LogP contribution in [0.3, 0.4) is 0 Å². The van der Waals surface area contributed by atoms with E-state index in [2.05, 4.69) is 20.4 Å². The molecule has 1 aliphatic heterocycles. The van der Waals surface area contributed by atoms with Crippen molar-refractivity contribution in [3.05, 3.63) is 65.6 Å². The van der Waals surface area contributed by atoms with Crippen molar-refractivity contribution in [2.24, 2.45) is 5.73 Å². The molecule has 3 heterocycles. The van der Waals surface area contributed by atoms with Crippen molar-refractivity contribution in [1.29, 1.82) is 0 Å². The minimum absolute atomic E-state index is 0.419. The van der Waals surface area contributed by atoms with E-state index >= 15 is 0 Å². The van der Waals surface area contributed by atoms with Gasteiger partial charge >= 0.3 is 0 Å². The minimum Gasteiger partial charge on any atom is -0.494 e. The van der Waals surface area contributed by atoms with E-state index in [9.17, 15) is 4.79 Å². The first kappa shape index (κ1) is 17.7. The van der Waals surface area contributed by atoms with E-state index in [1.807, 2.05) is 43.3 Å². The lowest BCUT2D eigenvalue weighted by Crippen LogP contribution is -2.32. The summed E-state index contributed by atoms with van der Waals surface area (Å²) in [7, 11) is 0. The second-order valence-corrected chi connectivity index (χ2v) is 6.35. The third-order valence-corrected chi connectivity index (χ3v) is 4.55. The van der Waals surface area contributed by atoms with Crippen LogP contribution in [-0.2, 0) is 4.79 Å². The van der Waals surface area contributed by atoms with Crippen molar-refractivity contribution in [1.82, 2.24) is 19.7 Å². The molecule has 142 valence electrons. The molecule has 3 N–H and O–H groups in total. The number of carbonyl (C=O) groups excluding carboxylic acids is 1. The van der Waals surface area contributed by atoms with Gasteiger partial charge in [-0.05, 0) is 32.0 Å². The Labute approximate surface area is 162 Å². The summed E-state index contributed by atoms with van der Waals surface area (Å²) in [4.78, 5) is 21.0. The number of carbonyl (C=O) groups is 1. The highest BCUT2D eigenvalue weighted by Gasteiger charge is 2.35. The highest BCUT2D eigenvalue weighted by molar-refractivity contribution is 5.95. The van der Waals surface area contributed by atoms with Crippen LogP contribution in [0.1, 0.15) is 25.5 Å². The van der Waals surface area contributed by atoms with Crippen molar-refractivity contribution in [2.45, 2.75) is 19.9 Å². The molecule has 2 aromatic heterocycles. The molecule has 4 rings (SSSR count). The van der Waals surface area contributed by atoms with Crippen molar-refractivity contribution < 1.29 is 9.53 Å². The molecule has 3 aromatic rings. The van der Waals surface area contributed by atoms with Gasteiger partial charge in [0, 0.05) is 29.2 Å². The number of rotatable bonds is 5. The summed E-state index contributed by atoms with van der Waals surface area (Å²) in [6.45, 7) is 4.22. The van der Waals surface area contributed by atoms with Crippen LogP contribution in [-0.4, -0.2) is 32.3 Å². The highest BCUT2D eigenvalue weighted by Crippen LogP contribution is 2.39. The van der Waals surface area contributed by atoms with Gasteiger partial charge in [-0.2, -0.15) is 4.98 Å². The largest absolute Gasteiger partial charge is 0.494 e. The fraction of sp³-hybridized carbons (Fsp3) is 0.200. The molecule has 0 aliphatic carbocycles. The Hall–Kier alpha value is -3.68. The lowest BCUT2D eigenvalue weighted by Gasteiger charge is -2.28. The molecule has 1 unspecified atom stereocenters. The summed E-state index contributed by atoms with van der Waals surface area (Å²) < 4.78 is 7.47. The molecule has 0 saturated carbocycles. The molecule has 8 heteroatoms. The molecule has 28 heavy (non-hydrogen) atoms. The maximum absolute atomic E-state index is 12.3. The van der Waals surface area contributed by atoms with E-state index in [1.165, 1.54) is 0 Å². The van der Waals surface area contributed by atoms with Gasteiger partial charge in [0.15, 0.2) is 5.82 Å². The van der Waals surface area contributed by atoms with Gasteiger partial charge in [-0.3, -0.25) is 9.78 Å². The van der Waals surface area contributed by atoms with Crippen LogP contribution in [0.2, 0.25) is 0 Å². The summed E-state index contributed by atoms with van der Waals surface area (Å²) in [5, 5.41) is 7.79. The predicted octanol–water partition coefficient (Wildman–Crippen LogP) is 2.51. The number of hydrogen-bond acceptors (Lipinski definition) is 6. The van der Waals surface area contributed by atoms with Gasteiger partial charge in [-0.15, -0.1) is 5.10 Å². The molecule has 8 nitrogen and oxygen atoms in total. The molecule has 0 radical (unpaired) electrons. The van der Waals surface area contributed by atoms with Gasteiger partial charge in [-0.25, -0.2) is 4.68 Å². The number of anilines is 1. The Balaban J connectivity index is 1.91. The number of allylic oxidation sites excluding steroid dienone is 1. The average molecular weight is 376 g/mol. The summed E-state index contributed by atoms with van der Waals surface area (Å²) in [6.07, 6.45) is 3.38. The monoisotopic (exact) mass is 376 g/mol. The normalized spacial score (nSPS) is 15.7. The van der Waals surface area contributed by atoms with Crippen molar-refractivity contribution >= 4 is 11.9 Å². The van der Waals surface area contributed by atoms with Gasteiger partial charge in [0.1, 0.15) is 11.8 Å². The standard InChI is InChI=1S/C20H20N6O2/c1-3-28-15-9-5-4-8-14(15)17-16(18(21)27)12(2)23-20-24-19(25-26(17)20)13-7-6-10-22-11-13/h4-11,17H,3H2,1-2H3,(H2,21,27)(H,23,24,25). The average Bonchev–Trinajstić information content (AvgIpc) is 3.12. The Bertz CT molecular complexity index is 1060. The van der Waals surface area contributed by atoms with Gasteiger partial charge in [0.2, 0.25) is 11.9 Å². The molecule has 1 aromatic carbocycles. The molecule has 1 atom stereocenters. The number of nitrogens with zero attached hydrogens (tertiary/aromatic N) is 4. The van der Waals surface area contributed by atoms with E-state index in [1.54, 1.807) is 24.0 Å². The minimum atomic E-state index is -0.547. The Morgan fingerprint density at radius 1 is 1.29 bits per heavy atom. The first-order valence-corrected chi connectivity index (χ1v) is 8.96. The van der Waals surface area contributed by atoms with E-state index < -0.39 is 11.9 Å². The number of amides is 1. The topological polar surface area (TPSA) is 108 Å². The summed E-state index contributed by atoms with van der Waals surface area (Å²) in [5.74, 6) is 1.18. The van der Waals surface area contributed by atoms with Gasteiger partial charge < -0.3 is 15.8 Å². The third kappa shape index (κ3) is 2.98. The van der Waals surface area contributed by atoms with Crippen molar-refractivity contribution in [3.8, 4) is 17.1 Å². The van der Waals surface area contributed by atoms with Crippen LogP contribution in [0, 0.1) is 0 Å². The Kier molecular flexibility index (Phi) is 4.52. The quantitative estimate of drug-likeness (QED) is 0.708. The number of aromatic nitrogens is 4. The summed E-state index contributed by atoms with van der Waals surface area (Å²) in [6, 6.07) is 10.7. The van der Waals surface area contributed by atoms with Gasteiger partial charge in [-0.1, -0.05) is 18.2 Å². The zero-order chi connectivity index (χ0) is 19.7. The van der Waals surface area contributed by atoms with Crippen LogP contribution in [0.15, 0.2) is 60.1 Å². The maximum Gasteiger partial charge on any atom is 0.248 e. The Morgan fingerprint density at radius 3 is 2.82 bits per heavy atom. The van der Waals surface area contributed by atoms with Crippen LogP contribution in [0.25, 0.3) is 11.4 Å². The first-order valence-electron chi connectivity index (χ1n) is 8.96. The zero-order valence-corrected chi connectivity index (χ0v) is 15.6. The summed E-state index contributed by atoms with van der Waals surface area (Å²) in [5.41, 5.74) is 8.37. The van der Waals surface area contributed by atoms with E-state index in [0.717, 1.165) is 11.1 Å². The molecule has 0 saturated heterocycles. The number of nitrogens with one attached hydrogen (secondary N) is 1. The van der Waals surface area contributed by atoms with Gasteiger partial charge in [0.05, 0.1) is 12.2 Å². The van der Waals surface area contributed by atoms with E-state index in [4.69, 9.17) is 10.5 Å². The molecular formula is C20H20N6O2. The van der Waals surface area contributed by atoms with Crippen LogP contribution in [0.4, 0.5) is 5.95 Å². The zero-order valence-electron chi connectivity index (χ0n) is 15.6. The maximum atomic E-state index is 12.3. The van der Waals surface area contributed by atoms with E-state index in [-0.39, 0.29) is 0 Å². The number of pyridine rings is 1.